The van der Waals surface area contributed by atoms with Crippen LogP contribution in [-0.4, -0.2) is 79.9 Å². The molecule has 3 fully saturated rings. The van der Waals surface area contributed by atoms with Crippen LogP contribution in [0.1, 0.15) is 31.7 Å². The van der Waals surface area contributed by atoms with E-state index in [-0.39, 0.29) is 36.9 Å². The largest absolute Gasteiger partial charge is 0.371 e. The monoisotopic (exact) mass is 544 g/mol. The van der Waals surface area contributed by atoms with Crippen molar-refractivity contribution >= 4 is 36.6 Å². The number of aromatic nitrogens is 2. The van der Waals surface area contributed by atoms with Gasteiger partial charge >= 0.3 is 5.69 Å². The number of carbonyl (C=O) groups excluding carboxylic acids is 2. The molecule has 1 aromatic carbocycles. The molecule has 0 radical (unpaired) electrons. The summed E-state index contributed by atoms with van der Waals surface area (Å²) in [5.74, 6) is -0.205. The van der Waals surface area contributed by atoms with Gasteiger partial charge in [0.1, 0.15) is 12.8 Å². The summed E-state index contributed by atoms with van der Waals surface area (Å²) in [6.07, 6.45) is 2.41. The molecule has 2 amide bonds. The van der Waals surface area contributed by atoms with Gasteiger partial charge in [-0.25, -0.2) is 4.79 Å². The van der Waals surface area contributed by atoms with E-state index in [1.807, 2.05) is 18.2 Å². The number of carbonyl (C=O) groups is 2. The molecule has 1 unspecified atom stereocenters. The van der Waals surface area contributed by atoms with Gasteiger partial charge in [0.2, 0.25) is 5.91 Å². The fourth-order valence-electron chi connectivity index (χ4n) is 5.66. The Morgan fingerprint density at radius 3 is 2.39 bits per heavy atom. The number of ether oxygens (including phenoxy) is 3. The van der Waals surface area contributed by atoms with Gasteiger partial charge < -0.3 is 19.1 Å². The highest BCUT2D eigenvalue weighted by Crippen LogP contribution is 2.32. The standard InChI is InChI=1S/C27H40N4O6Si/c1-28-23-17-20(29-11-9-19(10-12-29)26-36-13-14-37-26)5-6-21(23)31(27(28)34)22-7-8-24(32)30(25(22)33)18-35-15-16-38(2,3)4/h5-6,17,19,22,26H,7-16,18H2,1-4H3. The number of fused-ring (bicyclic) bond motifs is 1. The van der Waals surface area contributed by atoms with Crippen molar-refractivity contribution in [2.45, 2.75) is 63.7 Å². The molecule has 0 saturated carbocycles. The smallest absolute Gasteiger partial charge is 0.329 e. The van der Waals surface area contributed by atoms with Crippen LogP contribution in [0.5, 0.6) is 0 Å². The average Bonchev–Trinajstić information content (AvgIpc) is 3.51. The molecule has 2 aromatic rings. The SMILES string of the molecule is Cn1c(=O)n(C2CCC(=O)N(COCC[Si](C)(C)C)C2=O)c2ccc(N3CCC(C4OCCO4)CC3)cc21. The molecule has 0 spiro atoms. The van der Waals surface area contributed by atoms with E-state index in [1.54, 1.807) is 16.2 Å². The number of piperidine rings is 2. The first-order valence-corrected chi connectivity index (χ1v) is 17.5. The highest BCUT2D eigenvalue weighted by Gasteiger charge is 2.38. The topological polar surface area (TPSA) is 95.2 Å². The fourth-order valence-corrected chi connectivity index (χ4v) is 6.42. The lowest BCUT2D eigenvalue weighted by Crippen LogP contribution is -2.48. The van der Waals surface area contributed by atoms with E-state index in [0.717, 1.165) is 43.2 Å². The Morgan fingerprint density at radius 1 is 1.00 bits per heavy atom. The van der Waals surface area contributed by atoms with Crippen molar-refractivity contribution in [1.29, 1.82) is 0 Å². The molecule has 5 rings (SSSR count). The van der Waals surface area contributed by atoms with Gasteiger partial charge in [-0.3, -0.25) is 23.6 Å². The predicted octanol–water partition coefficient (Wildman–Crippen LogP) is 2.93. The van der Waals surface area contributed by atoms with Gasteiger partial charge in [-0.15, -0.1) is 0 Å². The summed E-state index contributed by atoms with van der Waals surface area (Å²) in [5, 5.41) is 0. The summed E-state index contributed by atoms with van der Waals surface area (Å²) < 4.78 is 20.3. The van der Waals surface area contributed by atoms with Crippen LogP contribution >= 0.6 is 0 Å². The minimum Gasteiger partial charge on any atom is -0.371 e. The van der Waals surface area contributed by atoms with Crippen LogP contribution in [0.2, 0.25) is 25.7 Å². The number of imidazole rings is 1. The molecule has 4 heterocycles. The Bertz CT molecular complexity index is 1240. The summed E-state index contributed by atoms with van der Waals surface area (Å²) in [6.45, 7) is 10.4. The Balaban J connectivity index is 1.32. The number of benzene rings is 1. The van der Waals surface area contributed by atoms with Crippen molar-refractivity contribution in [2.24, 2.45) is 13.0 Å². The fraction of sp³-hybridized carbons (Fsp3) is 0.667. The quantitative estimate of drug-likeness (QED) is 0.287. The van der Waals surface area contributed by atoms with Gasteiger partial charge in [0.25, 0.3) is 5.91 Å². The molecule has 11 heteroatoms. The van der Waals surface area contributed by atoms with E-state index >= 15 is 0 Å². The first-order chi connectivity index (χ1) is 18.1. The maximum Gasteiger partial charge on any atom is 0.329 e. The molecule has 38 heavy (non-hydrogen) atoms. The normalized spacial score (nSPS) is 22.3. The number of likely N-dealkylation sites (tertiary alicyclic amines) is 1. The number of imide groups is 1. The number of aryl methyl sites for hydroxylation is 1. The number of anilines is 1. The Morgan fingerprint density at radius 2 is 1.71 bits per heavy atom. The van der Waals surface area contributed by atoms with Crippen molar-refractivity contribution < 1.29 is 23.8 Å². The molecule has 3 aliphatic heterocycles. The van der Waals surface area contributed by atoms with Gasteiger partial charge in [-0.05, 0) is 43.5 Å². The third-order valence-electron chi connectivity index (χ3n) is 8.02. The first-order valence-electron chi connectivity index (χ1n) is 13.7. The van der Waals surface area contributed by atoms with Crippen molar-refractivity contribution in [3.8, 4) is 0 Å². The Kier molecular flexibility index (Phi) is 7.81. The predicted molar refractivity (Wildman–Crippen MR) is 147 cm³/mol. The van der Waals surface area contributed by atoms with Crippen molar-refractivity contribution in [1.82, 2.24) is 14.0 Å². The molecule has 1 atom stereocenters. The van der Waals surface area contributed by atoms with Gasteiger partial charge in [-0.2, -0.15) is 0 Å². The number of rotatable bonds is 8. The molecule has 0 aliphatic carbocycles. The Labute approximate surface area is 224 Å². The molecule has 0 bridgehead atoms. The summed E-state index contributed by atoms with van der Waals surface area (Å²) >= 11 is 0. The minimum absolute atomic E-state index is 0.0603. The molecule has 3 saturated heterocycles. The van der Waals surface area contributed by atoms with Crippen LogP contribution in [0, 0.1) is 5.92 Å². The molecular weight excluding hydrogens is 504 g/mol. The molecular formula is C27H40N4O6Si. The van der Waals surface area contributed by atoms with Gasteiger partial charge in [0.15, 0.2) is 6.29 Å². The van der Waals surface area contributed by atoms with Crippen LogP contribution < -0.4 is 10.6 Å². The molecule has 208 valence electrons. The van der Waals surface area contributed by atoms with E-state index < -0.39 is 14.1 Å². The molecule has 1 aromatic heterocycles. The first kappa shape index (κ1) is 27.1. The highest BCUT2D eigenvalue weighted by atomic mass is 28.3. The maximum atomic E-state index is 13.4. The second kappa shape index (κ2) is 11.0. The van der Waals surface area contributed by atoms with Gasteiger partial charge in [0.05, 0.1) is 24.2 Å². The number of hydrogen-bond donors (Lipinski definition) is 0. The molecule has 3 aliphatic rings. The summed E-state index contributed by atoms with van der Waals surface area (Å²) in [6, 6.07) is 6.22. The highest BCUT2D eigenvalue weighted by molar-refractivity contribution is 6.76. The summed E-state index contributed by atoms with van der Waals surface area (Å²) in [5.41, 5.74) is 2.29. The van der Waals surface area contributed by atoms with Crippen LogP contribution in [0.15, 0.2) is 23.0 Å². The molecule has 0 N–H and O–H groups in total. The Hall–Kier alpha value is -2.47. The van der Waals surface area contributed by atoms with Gasteiger partial charge in [0, 0.05) is 52.8 Å². The van der Waals surface area contributed by atoms with Crippen LogP contribution in [0.25, 0.3) is 11.0 Å². The van der Waals surface area contributed by atoms with E-state index in [2.05, 4.69) is 24.5 Å². The second-order valence-corrected chi connectivity index (χ2v) is 17.5. The van der Waals surface area contributed by atoms with Crippen molar-refractivity contribution in [3.63, 3.8) is 0 Å². The van der Waals surface area contributed by atoms with E-state index in [1.165, 1.54) is 4.90 Å². The number of amides is 2. The maximum absolute atomic E-state index is 13.4. The third kappa shape index (κ3) is 5.47. The second-order valence-electron chi connectivity index (χ2n) is 11.9. The average molecular weight is 545 g/mol. The van der Waals surface area contributed by atoms with E-state index in [0.29, 0.717) is 37.7 Å². The van der Waals surface area contributed by atoms with Gasteiger partial charge in [-0.1, -0.05) is 19.6 Å². The lowest BCUT2D eigenvalue weighted by molar-refractivity contribution is -0.157. The van der Waals surface area contributed by atoms with Crippen LogP contribution in [-0.2, 0) is 30.8 Å². The van der Waals surface area contributed by atoms with E-state index in [4.69, 9.17) is 14.2 Å². The zero-order valence-corrected chi connectivity index (χ0v) is 24.0. The summed E-state index contributed by atoms with van der Waals surface area (Å²) in [7, 11) is 0.455. The van der Waals surface area contributed by atoms with E-state index in [9.17, 15) is 14.4 Å². The van der Waals surface area contributed by atoms with Crippen molar-refractivity contribution in [2.75, 3.05) is 44.5 Å². The van der Waals surface area contributed by atoms with Crippen LogP contribution in [0.4, 0.5) is 5.69 Å². The number of hydrogen-bond acceptors (Lipinski definition) is 7. The lowest BCUT2D eigenvalue weighted by Gasteiger charge is -2.35. The number of nitrogens with zero attached hydrogens (tertiary/aromatic N) is 4. The minimum atomic E-state index is -1.28. The lowest BCUT2D eigenvalue weighted by atomic mass is 9.95. The van der Waals surface area contributed by atoms with Crippen molar-refractivity contribution in [3.05, 3.63) is 28.7 Å². The summed E-state index contributed by atoms with van der Waals surface area (Å²) in [4.78, 5) is 42.9. The third-order valence-corrected chi connectivity index (χ3v) is 9.73. The zero-order chi connectivity index (χ0) is 27.0. The zero-order valence-electron chi connectivity index (χ0n) is 23.0. The van der Waals surface area contributed by atoms with Crippen LogP contribution in [0.3, 0.4) is 0 Å². The molecule has 10 nitrogen and oxygen atoms in total.